The fourth-order valence-electron chi connectivity index (χ4n) is 3.28. The molecule has 1 aliphatic rings. The van der Waals surface area contributed by atoms with Crippen LogP contribution in [0.25, 0.3) is 0 Å². The fourth-order valence-corrected chi connectivity index (χ4v) is 4.34. The van der Waals surface area contributed by atoms with E-state index in [0.717, 1.165) is 12.8 Å². The van der Waals surface area contributed by atoms with Crippen molar-refractivity contribution < 1.29 is 23.1 Å². The Labute approximate surface area is 148 Å². The number of rotatable bonds is 5. The van der Waals surface area contributed by atoms with Crippen LogP contribution in [0.5, 0.6) is 0 Å². The number of carboxylic acid groups (broad SMARTS) is 1. The average Bonchev–Trinajstić information content (AvgIpc) is 2.54. The Kier molecular flexibility index (Phi) is 5.56. The van der Waals surface area contributed by atoms with Crippen LogP contribution in [0.15, 0.2) is 29.2 Å². The van der Waals surface area contributed by atoms with Gasteiger partial charge in [0, 0.05) is 5.56 Å². The molecule has 6 nitrogen and oxygen atoms in total. The lowest BCUT2D eigenvalue weighted by atomic mass is 9.73. The van der Waals surface area contributed by atoms with Crippen LogP contribution in [0.4, 0.5) is 0 Å². The number of aliphatic carboxylic acids is 1. The van der Waals surface area contributed by atoms with E-state index in [0.29, 0.717) is 18.4 Å². The maximum Gasteiger partial charge on any atom is 0.308 e. The Morgan fingerprint density at radius 3 is 2.32 bits per heavy atom. The van der Waals surface area contributed by atoms with Crippen LogP contribution in [0.3, 0.4) is 0 Å². The second-order valence-electron chi connectivity index (χ2n) is 7.13. The largest absolute Gasteiger partial charge is 0.481 e. The van der Waals surface area contributed by atoms with E-state index in [1.54, 1.807) is 20.8 Å². The predicted octanol–water partition coefficient (Wildman–Crippen LogP) is 2.63. The molecule has 0 saturated heterocycles. The zero-order chi connectivity index (χ0) is 18.8. The van der Waals surface area contributed by atoms with Crippen LogP contribution in [-0.2, 0) is 14.6 Å². The molecule has 0 bridgehead atoms. The number of carboxylic acids is 1. The molecule has 1 aromatic rings. The molecule has 25 heavy (non-hydrogen) atoms. The summed E-state index contributed by atoms with van der Waals surface area (Å²) in [6.07, 6.45) is 2.85. The van der Waals surface area contributed by atoms with Crippen molar-refractivity contribution in [2.24, 2.45) is 5.92 Å². The van der Waals surface area contributed by atoms with Crippen LogP contribution in [-0.4, -0.2) is 36.2 Å². The number of carbonyl (C=O) groups is 2. The zero-order valence-corrected chi connectivity index (χ0v) is 15.6. The van der Waals surface area contributed by atoms with E-state index in [2.05, 4.69) is 5.32 Å². The van der Waals surface area contributed by atoms with Crippen molar-refractivity contribution in [3.05, 3.63) is 29.8 Å². The van der Waals surface area contributed by atoms with Gasteiger partial charge in [-0.05, 0) is 57.9 Å². The quantitative estimate of drug-likeness (QED) is 0.833. The highest BCUT2D eigenvalue weighted by Gasteiger charge is 2.42. The van der Waals surface area contributed by atoms with Gasteiger partial charge in [-0.3, -0.25) is 9.59 Å². The van der Waals surface area contributed by atoms with E-state index in [1.807, 2.05) is 0 Å². The molecule has 0 heterocycles. The van der Waals surface area contributed by atoms with Crippen LogP contribution in [0.2, 0.25) is 0 Å². The molecular weight excluding hydrogens is 342 g/mol. The monoisotopic (exact) mass is 367 g/mol. The van der Waals surface area contributed by atoms with Crippen molar-refractivity contribution in [1.82, 2.24) is 5.32 Å². The normalized spacial score (nSPS) is 24.1. The van der Waals surface area contributed by atoms with Gasteiger partial charge in [-0.1, -0.05) is 12.8 Å². The molecule has 0 aromatic heterocycles. The Morgan fingerprint density at radius 1 is 1.20 bits per heavy atom. The lowest BCUT2D eigenvalue weighted by Gasteiger charge is -2.39. The first-order chi connectivity index (χ1) is 11.6. The average molecular weight is 367 g/mol. The third-order valence-electron chi connectivity index (χ3n) is 4.97. The van der Waals surface area contributed by atoms with Gasteiger partial charge < -0.3 is 10.4 Å². The SMILES string of the molecule is CC(C)S(=O)(=O)c1ccc(C(=O)NC2(C)CCCCC2C(=O)O)cc1. The molecule has 2 N–H and O–H groups in total. The highest BCUT2D eigenvalue weighted by Crippen LogP contribution is 2.34. The van der Waals surface area contributed by atoms with Gasteiger partial charge in [0.05, 0.1) is 21.6 Å². The van der Waals surface area contributed by atoms with Crippen molar-refractivity contribution in [3.63, 3.8) is 0 Å². The molecule has 138 valence electrons. The van der Waals surface area contributed by atoms with Crippen molar-refractivity contribution in [1.29, 1.82) is 0 Å². The van der Waals surface area contributed by atoms with Gasteiger partial charge in [-0.2, -0.15) is 0 Å². The fraction of sp³-hybridized carbons (Fsp3) is 0.556. The summed E-state index contributed by atoms with van der Waals surface area (Å²) < 4.78 is 24.3. The number of carbonyl (C=O) groups excluding carboxylic acids is 1. The second-order valence-corrected chi connectivity index (χ2v) is 9.63. The van der Waals surface area contributed by atoms with Gasteiger partial charge in [-0.15, -0.1) is 0 Å². The summed E-state index contributed by atoms with van der Waals surface area (Å²) in [6.45, 7) is 4.97. The Morgan fingerprint density at radius 2 is 1.80 bits per heavy atom. The van der Waals surface area contributed by atoms with Crippen LogP contribution in [0.1, 0.15) is 56.8 Å². The minimum Gasteiger partial charge on any atom is -0.481 e. The number of amides is 1. The van der Waals surface area contributed by atoms with E-state index in [1.165, 1.54) is 24.3 Å². The van der Waals surface area contributed by atoms with Crippen LogP contribution < -0.4 is 5.32 Å². The molecule has 0 radical (unpaired) electrons. The third-order valence-corrected chi connectivity index (χ3v) is 7.14. The molecule has 0 spiro atoms. The van der Waals surface area contributed by atoms with Gasteiger partial charge >= 0.3 is 5.97 Å². The lowest BCUT2D eigenvalue weighted by molar-refractivity contribution is -0.145. The van der Waals surface area contributed by atoms with E-state index < -0.39 is 32.5 Å². The first-order valence-electron chi connectivity index (χ1n) is 8.47. The molecule has 1 aromatic carbocycles. The maximum absolute atomic E-state index is 12.5. The van der Waals surface area contributed by atoms with Crippen molar-refractivity contribution >= 4 is 21.7 Å². The molecule has 2 rings (SSSR count). The van der Waals surface area contributed by atoms with Gasteiger partial charge in [0.15, 0.2) is 9.84 Å². The molecule has 7 heteroatoms. The highest BCUT2D eigenvalue weighted by molar-refractivity contribution is 7.92. The smallest absolute Gasteiger partial charge is 0.308 e. The summed E-state index contributed by atoms with van der Waals surface area (Å²) >= 11 is 0. The molecule has 1 fully saturated rings. The van der Waals surface area contributed by atoms with Crippen LogP contribution in [0, 0.1) is 5.92 Å². The Bertz CT molecular complexity index is 754. The molecule has 1 amide bonds. The van der Waals surface area contributed by atoms with E-state index in [9.17, 15) is 23.1 Å². The first kappa shape index (κ1) is 19.4. The first-order valence-corrected chi connectivity index (χ1v) is 10.0. The van der Waals surface area contributed by atoms with Crippen molar-refractivity contribution in [3.8, 4) is 0 Å². The summed E-state index contributed by atoms with van der Waals surface area (Å²) in [6, 6.07) is 5.77. The lowest BCUT2D eigenvalue weighted by Crippen LogP contribution is -2.55. The minimum absolute atomic E-state index is 0.173. The molecule has 0 aliphatic heterocycles. The van der Waals surface area contributed by atoms with Gasteiger partial charge in [0.2, 0.25) is 0 Å². The summed E-state index contributed by atoms with van der Waals surface area (Å²) in [5, 5.41) is 11.7. The van der Waals surface area contributed by atoms with Crippen LogP contribution >= 0.6 is 0 Å². The standard InChI is InChI=1S/C18H25NO5S/c1-12(2)25(23,24)14-9-7-13(8-10-14)16(20)19-18(3)11-5-4-6-15(18)17(21)22/h7-10,12,15H,4-6,11H2,1-3H3,(H,19,20)(H,21,22). The zero-order valence-electron chi connectivity index (χ0n) is 14.8. The number of hydrogen-bond acceptors (Lipinski definition) is 4. The summed E-state index contributed by atoms with van der Waals surface area (Å²) in [7, 11) is -3.39. The highest BCUT2D eigenvalue weighted by atomic mass is 32.2. The predicted molar refractivity (Wildman–Crippen MR) is 94.2 cm³/mol. The molecule has 2 unspecified atom stereocenters. The van der Waals surface area contributed by atoms with E-state index in [4.69, 9.17) is 0 Å². The molecule has 1 saturated carbocycles. The second kappa shape index (κ2) is 7.15. The van der Waals surface area contributed by atoms with Gasteiger partial charge in [0.25, 0.3) is 5.91 Å². The van der Waals surface area contributed by atoms with E-state index >= 15 is 0 Å². The summed E-state index contributed by atoms with van der Waals surface area (Å²) in [5.74, 6) is -1.91. The molecule has 1 aliphatic carbocycles. The Hall–Kier alpha value is -1.89. The van der Waals surface area contributed by atoms with Gasteiger partial charge in [-0.25, -0.2) is 8.42 Å². The summed E-state index contributed by atoms with van der Waals surface area (Å²) in [5.41, 5.74) is -0.484. The van der Waals surface area contributed by atoms with Gasteiger partial charge in [0.1, 0.15) is 0 Å². The van der Waals surface area contributed by atoms with E-state index in [-0.39, 0.29) is 10.8 Å². The molecular formula is C18H25NO5S. The van der Waals surface area contributed by atoms with Crippen molar-refractivity contribution in [2.75, 3.05) is 0 Å². The minimum atomic E-state index is -3.39. The number of benzene rings is 1. The number of sulfone groups is 1. The number of nitrogens with one attached hydrogen (secondary N) is 1. The topological polar surface area (TPSA) is 101 Å². The molecule has 2 atom stereocenters. The van der Waals surface area contributed by atoms with Crippen molar-refractivity contribution in [2.45, 2.75) is 62.1 Å². The maximum atomic E-state index is 12.5. The Balaban J connectivity index is 2.19. The third kappa shape index (κ3) is 4.03. The summed E-state index contributed by atoms with van der Waals surface area (Å²) in [4.78, 5) is 24.2. The number of hydrogen-bond donors (Lipinski definition) is 2.